The predicted molar refractivity (Wildman–Crippen MR) is 86.3 cm³/mol. The average Bonchev–Trinajstić information content (AvgIpc) is 2.94. The normalized spacial score (nSPS) is 21.7. The molecule has 2 unspecified atom stereocenters. The molecule has 4 heteroatoms. The zero-order valence-electron chi connectivity index (χ0n) is 12.7. The zero-order valence-corrected chi connectivity index (χ0v) is 13.5. The number of aliphatic hydroxyl groups excluding tert-OH is 1. The molecule has 2 atom stereocenters. The van der Waals surface area contributed by atoms with Gasteiger partial charge in [-0.15, -0.1) is 11.3 Å². The molecule has 2 N–H and O–H groups in total. The number of rotatable bonds is 3. The van der Waals surface area contributed by atoms with Crippen molar-refractivity contribution in [3.05, 3.63) is 21.9 Å². The van der Waals surface area contributed by atoms with Crippen molar-refractivity contribution in [2.45, 2.75) is 45.6 Å². The molecule has 0 bridgehead atoms. The minimum Gasteiger partial charge on any atom is -0.384 e. The maximum Gasteiger partial charge on any atom is 0.262 e. The molecule has 0 aliphatic heterocycles. The van der Waals surface area contributed by atoms with Crippen LogP contribution in [0.2, 0.25) is 0 Å². The highest BCUT2D eigenvalue weighted by molar-refractivity contribution is 7.12. The van der Waals surface area contributed by atoms with Gasteiger partial charge in [0.1, 0.15) is 11.5 Å². The van der Waals surface area contributed by atoms with E-state index in [1.54, 1.807) is 0 Å². The van der Waals surface area contributed by atoms with Crippen LogP contribution in [-0.4, -0.2) is 23.7 Å². The quantitative estimate of drug-likeness (QED) is 0.843. The lowest BCUT2D eigenvalue weighted by molar-refractivity contribution is 0.0893. The first-order valence-electron chi connectivity index (χ1n) is 7.61. The van der Waals surface area contributed by atoms with E-state index in [2.05, 4.69) is 31.0 Å². The second-order valence-electron chi connectivity index (χ2n) is 5.90. The zero-order chi connectivity index (χ0) is 15.2. The van der Waals surface area contributed by atoms with Crippen LogP contribution in [-0.2, 0) is 0 Å². The molecule has 1 aliphatic rings. The van der Waals surface area contributed by atoms with Crippen molar-refractivity contribution in [2.75, 3.05) is 6.61 Å². The summed E-state index contributed by atoms with van der Waals surface area (Å²) in [5.41, 5.74) is 0.712. The Labute approximate surface area is 130 Å². The average molecular weight is 305 g/mol. The first-order chi connectivity index (χ1) is 10.1. The van der Waals surface area contributed by atoms with Crippen molar-refractivity contribution < 1.29 is 9.90 Å². The second kappa shape index (κ2) is 7.63. The monoisotopic (exact) mass is 305 g/mol. The molecule has 3 nitrogen and oxygen atoms in total. The molecule has 114 valence electrons. The van der Waals surface area contributed by atoms with Gasteiger partial charge in [-0.3, -0.25) is 4.79 Å². The molecule has 21 heavy (non-hydrogen) atoms. The summed E-state index contributed by atoms with van der Waals surface area (Å²) in [6.07, 6.45) is 4.72. The predicted octanol–water partition coefficient (Wildman–Crippen LogP) is 3.04. The van der Waals surface area contributed by atoms with Crippen LogP contribution in [0, 0.1) is 23.7 Å². The van der Waals surface area contributed by atoms with E-state index in [0.29, 0.717) is 22.3 Å². The molecule has 1 saturated carbocycles. The standard InChI is InChI=1S/C17H23NO2S/c1-12(2)14-7-3-4-8-15(14)18-17(20)16-13(6-5-10-19)9-11-21-16/h9,11-12,14-15,19H,3-4,7-8,10H2,1-2H3,(H,18,20). The Morgan fingerprint density at radius 3 is 2.95 bits per heavy atom. The van der Waals surface area contributed by atoms with E-state index in [-0.39, 0.29) is 18.6 Å². The van der Waals surface area contributed by atoms with E-state index < -0.39 is 0 Å². The van der Waals surface area contributed by atoms with Crippen LogP contribution in [0.3, 0.4) is 0 Å². The first-order valence-corrected chi connectivity index (χ1v) is 8.49. The number of carbonyl (C=O) groups is 1. The van der Waals surface area contributed by atoms with Crippen LogP contribution in [0.25, 0.3) is 0 Å². The summed E-state index contributed by atoms with van der Waals surface area (Å²) in [6, 6.07) is 2.11. The Hall–Kier alpha value is -1.31. The molecule has 0 spiro atoms. The van der Waals surface area contributed by atoms with Crippen LogP contribution in [0.5, 0.6) is 0 Å². The van der Waals surface area contributed by atoms with Gasteiger partial charge in [0.15, 0.2) is 0 Å². The summed E-state index contributed by atoms with van der Waals surface area (Å²) in [6.45, 7) is 4.28. The third-order valence-corrected chi connectivity index (χ3v) is 5.08. The lowest BCUT2D eigenvalue weighted by Crippen LogP contribution is -2.43. The number of hydrogen-bond donors (Lipinski definition) is 2. The molecule has 1 aromatic rings. The van der Waals surface area contributed by atoms with Gasteiger partial charge in [-0.25, -0.2) is 0 Å². The lowest BCUT2D eigenvalue weighted by Gasteiger charge is -2.34. The topological polar surface area (TPSA) is 49.3 Å². The highest BCUT2D eigenvalue weighted by Crippen LogP contribution is 2.30. The second-order valence-corrected chi connectivity index (χ2v) is 6.81. The smallest absolute Gasteiger partial charge is 0.262 e. The summed E-state index contributed by atoms with van der Waals surface area (Å²) in [5, 5.41) is 13.9. The number of carbonyl (C=O) groups excluding carboxylic acids is 1. The SMILES string of the molecule is CC(C)C1CCCCC1NC(=O)c1sccc1C#CCO. The van der Waals surface area contributed by atoms with E-state index in [1.807, 2.05) is 11.4 Å². The van der Waals surface area contributed by atoms with Crippen molar-refractivity contribution in [1.29, 1.82) is 0 Å². The van der Waals surface area contributed by atoms with Crippen molar-refractivity contribution in [1.82, 2.24) is 5.32 Å². The van der Waals surface area contributed by atoms with Gasteiger partial charge in [0.2, 0.25) is 0 Å². The highest BCUT2D eigenvalue weighted by Gasteiger charge is 2.29. The summed E-state index contributed by atoms with van der Waals surface area (Å²) < 4.78 is 0. The van der Waals surface area contributed by atoms with Crippen molar-refractivity contribution in [3.8, 4) is 11.8 Å². The van der Waals surface area contributed by atoms with Gasteiger partial charge in [-0.05, 0) is 36.1 Å². The number of amides is 1. The molecule has 1 heterocycles. The fourth-order valence-electron chi connectivity index (χ4n) is 3.09. The van der Waals surface area contributed by atoms with Crippen LogP contribution < -0.4 is 5.32 Å². The van der Waals surface area contributed by atoms with Crippen LogP contribution >= 0.6 is 11.3 Å². The van der Waals surface area contributed by atoms with Crippen molar-refractivity contribution in [3.63, 3.8) is 0 Å². The van der Waals surface area contributed by atoms with Gasteiger partial charge in [-0.2, -0.15) is 0 Å². The van der Waals surface area contributed by atoms with E-state index in [1.165, 1.54) is 30.6 Å². The van der Waals surface area contributed by atoms with E-state index >= 15 is 0 Å². The van der Waals surface area contributed by atoms with Gasteiger partial charge in [0.05, 0.1) is 0 Å². The summed E-state index contributed by atoms with van der Waals surface area (Å²) in [7, 11) is 0. The van der Waals surface area contributed by atoms with Crippen LogP contribution in [0.4, 0.5) is 0 Å². The van der Waals surface area contributed by atoms with E-state index in [9.17, 15) is 4.79 Å². The molecular formula is C17H23NO2S. The summed E-state index contributed by atoms with van der Waals surface area (Å²) >= 11 is 1.41. The van der Waals surface area contributed by atoms with Gasteiger partial charge in [0, 0.05) is 11.6 Å². The third-order valence-electron chi connectivity index (χ3n) is 4.17. The van der Waals surface area contributed by atoms with Crippen LogP contribution in [0.1, 0.15) is 54.8 Å². The number of hydrogen-bond acceptors (Lipinski definition) is 3. The molecule has 1 amide bonds. The molecule has 1 aromatic heterocycles. The molecule has 0 saturated heterocycles. The highest BCUT2D eigenvalue weighted by atomic mass is 32.1. The third kappa shape index (κ3) is 4.09. The van der Waals surface area contributed by atoms with E-state index in [0.717, 1.165) is 6.42 Å². The Balaban J connectivity index is 2.08. The molecule has 1 aliphatic carbocycles. The summed E-state index contributed by atoms with van der Waals surface area (Å²) in [5.74, 6) is 6.58. The fraction of sp³-hybridized carbons (Fsp3) is 0.588. The van der Waals surface area contributed by atoms with Gasteiger partial charge >= 0.3 is 0 Å². The number of aliphatic hydroxyl groups is 1. The lowest BCUT2D eigenvalue weighted by atomic mass is 9.78. The van der Waals surface area contributed by atoms with Crippen molar-refractivity contribution >= 4 is 17.2 Å². The van der Waals surface area contributed by atoms with E-state index in [4.69, 9.17) is 5.11 Å². The number of nitrogens with one attached hydrogen (secondary N) is 1. The largest absolute Gasteiger partial charge is 0.384 e. The Morgan fingerprint density at radius 2 is 2.24 bits per heavy atom. The van der Waals surface area contributed by atoms with Gasteiger partial charge in [-0.1, -0.05) is 38.5 Å². The minimum atomic E-state index is -0.186. The Bertz CT molecular complexity index is 538. The molecular weight excluding hydrogens is 282 g/mol. The van der Waals surface area contributed by atoms with Gasteiger partial charge in [0.25, 0.3) is 5.91 Å². The molecule has 0 radical (unpaired) electrons. The molecule has 2 rings (SSSR count). The first kappa shape index (κ1) is 16.1. The maximum absolute atomic E-state index is 12.5. The van der Waals surface area contributed by atoms with Crippen molar-refractivity contribution in [2.24, 2.45) is 11.8 Å². The maximum atomic E-state index is 12.5. The fourth-order valence-corrected chi connectivity index (χ4v) is 3.84. The summed E-state index contributed by atoms with van der Waals surface area (Å²) in [4.78, 5) is 13.2. The Kier molecular flexibility index (Phi) is 5.84. The van der Waals surface area contributed by atoms with Crippen LogP contribution in [0.15, 0.2) is 11.4 Å². The molecule has 0 aromatic carbocycles. The van der Waals surface area contributed by atoms with Gasteiger partial charge < -0.3 is 10.4 Å². The minimum absolute atomic E-state index is 0.0233. The molecule has 1 fully saturated rings. The Morgan fingerprint density at radius 1 is 1.48 bits per heavy atom. The number of thiophene rings is 1.